The number of benzene rings is 1. The molecular weight excluding hydrogens is 232 g/mol. The summed E-state index contributed by atoms with van der Waals surface area (Å²) in [5.74, 6) is -1.26. The minimum absolute atomic E-state index is 0.102. The molecule has 5 nitrogen and oxygen atoms in total. The van der Waals surface area contributed by atoms with Crippen molar-refractivity contribution in [2.75, 3.05) is 5.75 Å². The second kappa shape index (κ2) is 5.62. The summed E-state index contributed by atoms with van der Waals surface area (Å²) in [4.78, 5) is 11.1. The molecule has 0 radical (unpaired) electrons. The molecule has 0 unspecified atom stereocenters. The van der Waals surface area contributed by atoms with Gasteiger partial charge in [0.05, 0.1) is 12.2 Å². The maximum atomic E-state index is 11.1. The third-order valence-corrected chi connectivity index (χ3v) is 2.53. The van der Waals surface area contributed by atoms with Crippen LogP contribution < -0.4 is 0 Å². The summed E-state index contributed by atoms with van der Waals surface area (Å²) < 4.78 is 33.9. The van der Waals surface area contributed by atoms with E-state index in [1.807, 2.05) is 6.07 Å². The molecule has 16 heavy (non-hydrogen) atoms. The Bertz CT molecular complexity index is 438. The zero-order valence-corrected chi connectivity index (χ0v) is 9.31. The molecular formula is C10H12O5S. The third-order valence-electron chi connectivity index (χ3n) is 1.81. The molecule has 0 aliphatic heterocycles. The zero-order chi connectivity index (χ0) is 12.0. The van der Waals surface area contributed by atoms with Gasteiger partial charge in [-0.25, -0.2) is 0 Å². The smallest absolute Gasteiger partial charge is 0.307 e. The van der Waals surface area contributed by atoms with E-state index in [0.29, 0.717) is 0 Å². The molecule has 0 aliphatic rings. The van der Waals surface area contributed by atoms with E-state index in [4.69, 9.17) is 9.29 Å². The van der Waals surface area contributed by atoms with Crippen LogP contribution in [0.5, 0.6) is 0 Å². The highest BCUT2D eigenvalue weighted by atomic mass is 32.2. The van der Waals surface area contributed by atoms with E-state index in [1.54, 1.807) is 24.3 Å². The van der Waals surface area contributed by atoms with Crippen molar-refractivity contribution in [3.8, 4) is 0 Å². The van der Waals surface area contributed by atoms with Crippen LogP contribution >= 0.6 is 0 Å². The molecule has 0 saturated carbocycles. The zero-order valence-electron chi connectivity index (χ0n) is 8.50. The van der Waals surface area contributed by atoms with Gasteiger partial charge in [0.2, 0.25) is 0 Å². The van der Waals surface area contributed by atoms with E-state index in [0.717, 1.165) is 5.56 Å². The average molecular weight is 244 g/mol. The van der Waals surface area contributed by atoms with Gasteiger partial charge in [-0.2, -0.15) is 8.42 Å². The van der Waals surface area contributed by atoms with Gasteiger partial charge in [-0.3, -0.25) is 9.35 Å². The first-order chi connectivity index (χ1) is 7.47. The predicted molar refractivity (Wildman–Crippen MR) is 57.3 cm³/mol. The topological polar surface area (TPSA) is 80.7 Å². The largest absolute Gasteiger partial charge is 0.461 e. The monoisotopic (exact) mass is 244 g/mol. The molecule has 0 heterocycles. The van der Waals surface area contributed by atoms with Crippen LogP contribution in [0.3, 0.4) is 0 Å². The lowest BCUT2D eigenvalue weighted by atomic mass is 10.2. The highest BCUT2D eigenvalue weighted by molar-refractivity contribution is 7.85. The first kappa shape index (κ1) is 12.7. The van der Waals surface area contributed by atoms with Crippen LogP contribution in [0.25, 0.3) is 0 Å². The predicted octanol–water partition coefficient (Wildman–Crippen LogP) is 1.01. The van der Waals surface area contributed by atoms with E-state index in [2.05, 4.69) is 0 Å². The molecule has 0 fully saturated rings. The Kier molecular flexibility index (Phi) is 4.45. The molecule has 0 spiro atoms. The summed E-state index contributed by atoms with van der Waals surface area (Å²) >= 11 is 0. The summed E-state index contributed by atoms with van der Waals surface area (Å²) in [6.07, 6.45) is -0.342. The number of carbonyl (C=O) groups excluding carboxylic acids is 1. The molecule has 0 saturated heterocycles. The van der Waals surface area contributed by atoms with Crippen molar-refractivity contribution in [3.63, 3.8) is 0 Å². The maximum absolute atomic E-state index is 11.1. The van der Waals surface area contributed by atoms with Crippen LogP contribution in [0.2, 0.25) is 0 Å². The lowest BCUT2D eigenvalue weighted by molar-refractivity contribution is -0.144. The van der Waals surface area contributed by atoms with Gasteiger partial charge in [-0.05, 0) is 5.56 Å². The van der Waals surface area contributed by atoms with Crippen molar-refractivity contribution < 1.29 is 22.5 Å². The minimum atomic E-state index is -4.10. The van der Waals surface area contributed by atoms with Gasteiger partial charge < -0.3 is 4.74 Å². The van der Waals surface area contributed by atoms with Crippen molar-refractivity contribution in [2.24, 2.45) is 0 Å². The standard InChI is InChI=1S/C10H12O5S/c11-10(6-7-16(12,13)14)15-8-9-4-2-1-3-5-9/h1-5H,6-8H2,(H,12,13,14). The van der Waals surface area contributed by atoms with Gasteiger partial charge in [0, 0.05) is 0 Å². The molecule has 88 valence electrons. The molecule has 0 bridgehead atoms. The van der Waals surface area contributed by atoms with Crippen molar-refractivity contribution in [2.45, 2.75) is 13.0 Å². The number of esters is 1. The first-order valence-electron chi connectivity index (χ1n) is 4.62. The molecule has 1 rings (SSSR count). The van der Waals surface area contributed by atoms with Crippen molar-refractivity contribution in [1.82, 2.24) is 0 Å². The van der Waals surface area contributed by atoms with Crippen LogP contribution in [0, 0.1) is 0 Å². The van der Waals surface area contributed by atoms with Gasteiger partial charge in [-0.1, -0.05) is 30.3 Å². The van der Waals surface area contributed by atoms with Crippen molar-refractivity contribution >= 4 is 16.1 Å². The van der Waals surface area contributed by atoms with Gasteiger partial charge in [0.15, 0.2) is 0 Å². The van der Waals surface area contributed by atoms with E-state index < -0.39 is 21.8 Å². The van der Waals surface area contributed by atoms with Crippen LogP contribution in [0.4, 0.5) is 0 Å². The molecule has 0 amide bonds. The Morgan fingerprint density at radius 1 is 1.25 bits per heavy atom. The second-order valence-electron chi connectivity index (χ2n) is 3.18. The molecule has 1 N–H and O–H groups in total. The normalized spacial score (nSPS) is 11.1. The molecule has 0 atom stereocenters. The van der Waals surface area contributed by atoms with Gasteiger partial charge >= 0.3 is 5.97 Å². The van der Waals surface area contributed by atoms with Gasteiger partial charge in [0.1, 0.15) is 6.61 Å². The fourth-order valence-electron chi connectivity index (χ4n) is 1.02. The summed E-state index contributed by atoms with van der Waals surface area (Å²) in [5.41, 5.74) is 0.822. The third kappa shape index (κ3) is 5.47. The quantitative estimate of drug-likeness (QED) is 0.617. The summed E-state index contributed by atoms with van der Waals surface area (Å²) in [6.45, 7) is 0.102. The number of ether oxygens (including phenoxy) is 1. The lowest BCUT2D eigenvalue weighted by Gasteiger charge is -2.03. The van der Waals surface area contributed by atoms with Crippen LogP contribution in [-0.2, 0) is 26.3 Å². The maximum Gasteiger partial charge on any atom is 0.307 e. The van der Waals surface area contributed by atoms with E-state index >= 15 is 0 Å². The Morgan fingerprint density at radius 2 is 1.88 bits per heavy atom. The summed E-state index contributed by atoms with van der Waals surface area (Å²) in [7, 11) is -4.10. The Labute approximate surface area is 93.8 Å². The number of hydrogen-bond acceptors (Lipinski definition) is 4. The SMILES string of the molecule is O=C(CCS(=O)(=O)O)OCc1ccccc1. The fourth-order valence-corrected chi connectivity index (χ4v) is 1.45. The van der Waals surface area contributed by atoms with Crippen LogP contribution in [-0.4, -0.2) is 24.7 Å². The highest BCUT2D eigenvalue weighted by Gasteiger charge is 2.10. The Morgan fingerprint density at radius 3 is 2.44 bits per heavy atom. The number of carbonyl (C=O) groups is 1. The van der Waals surface area contributed by atoms with Crippen molar-refractivity contribution in [1.29, 1.82) is 0 Å². The minimum Gasteiger partial charge on any atom is -0.461 e. The molecule has 0 aromatic heterocycles. The van der Waals surface area contributed by atoms with E-state index in [-0.39, 0.29) is 13.0 Å². The van der Waals surface area contributed by atoms with Gasteiger partial charge in [0.25, 0.3) is 10.1 Å². The fraction of sp³-hybridized carbons (Fsp3) is 0.300. The Hall–Kier alpha value is -1.40. The Balaban J connectivity index is 2.31. The van der Waals surface area contributed by atoms with Crippen LogP contribution in [0.1, 0.15) is 12.0 Å². The lowest BCUT2D eigenvalue weighted by Crippen LogP contribution is -2.12. The summed E-state index contributed by atoms with van der Waals surface area (Å²) in [5, 5.41) is 0. The van der Waals surface area contributed by atoms with Crippen molar-refractivity contribution in [3.05, 3.63) is 35.9 Å². The summed E-state index contributed by atoms with van der Waals surface area (Å²) in [6, 6.07) is 9.03. The first-order valence-corrected chi connectivity index (χ1v) is 6.23. The van der Waals surface area contributed by atoms with Gasteiger partial charge in [-0.15, -0.1) is 0 Å². The average Bonchev–Trinajstić information content (AvgIpc) is 2.24. The number of rotatable bonds is 5. The van der Waals surface area contributed by atoms with Crippen LogP contribution in [0.15, 0.2) is 30.3 Å². The molecule has 0 aliphatic carbocycles. The van der Waals surface area contributed by atoms with E-state index in [1.165, 1.54) is 0 Å². The highest BCUT2D eigenvalue weighted by Crippen LogP contribution is 2.02. The molecule has 1 aromatic carbocycles. The molecule has 6 heteroatoms. The number of hydrogen-bond donors (Lipinski definition) is 1. The van der Waals surface area contributed by atoms with E-state index in [9.17, 15) is 13.2 Å². The second-order valence-corrected chi connectivity index (χ2v) is 4.75. The molecule has 1 aromatic rings.